The molecule has 2 nitrogen and oxygen atoms in total. The second-order valence-electron chi connectivity index (χ2n) is 14.0. The van der Waals surface area contributed by atoms with Crippen molar-refractivity contribution in [3.05, 3.63) is 73.3 Å². The van der Waals surface area contributed by atoms with Gasteiger partial charge in [0.1, 0.15) is 8.07 Å². The quantitative estimate of drug-likeness (QED) is 0.165. The highest BCUT2D eigenvalue weighted by molar-refractivity contribution is 6.99. The second kappa shape index (κ2) is 12.7. The first-order chi connectivity index (χ1) is 17.4. The SMILES string of the molecule is C=C[C@@H](C[C@@H](CC#C[Si](C)(C)C)O[Si](c1ccccc1)(c1ccccc1)C(C)(C)C)O[Si](C)(C)C(C)(C)C. The number of hydrogen-bond acceptors (Lipinski definition) is 2. The zero-order valence-corrected chi connectivity index (χ0v) is 28.9. The van der Waals surface area contributed by atoms with Crippen LogP contribution in [0.2, 0.25) is 42.8 Å². The van der Waals surface area contributed by atoms with Crippen molar-refractivity contribution in [2.24, 2.45) is 0 Å². The molecule has 2 aromatic rings. The molecule has 0 heterocycles. The van der Waals surface area contributed by atoms with Gasteiger partial charge in [0, 0.05) is 12.8 Å². The van der Waals surface area contributed by atoms with Crippen molar-refractivity contribution in [2.45, 2.75) is 109 Å². The molecular formula is C33H52O2Si3. The van der Waals surface area contributed by atoms with Crippen molar-refractivity contribution in [3.8, 4) is 11.5 Å². The molecule has 0 aliphatic carbocycles. The minimum absolute atomic E-state index is 0.0714. The Bertz CT molecular complexity index is 1040. The van der Waals surface area contributed by atoms with E-state index in [0.29, 0.717) is 6.42 Å². The lowest BCUT2D eigenvalue weighted by Crippen LogP contribution is -2.67. The lowest BCUT2D eigenvalue weighted by atomic mass is 10.1. The molecule has 208 valence electrons. The summed E-state index contributed by atoms with van der Waals surface area (Å²) in [6.07, 6.45) is 3.28. The molecule has 0 amide bonds. The molecular weight excluding hydrogens is 513 g/mol. The van der Waals surface area contributed by atoms with E-state index in [1.807, 2.05) is 6.08 Å². The van der Waals surface area contributed by atoms with Gasteiger partial charge in [-0.2, -0.15) is 0 Å². The summed E-state index contributed by atoms with van der Waals surface area (Å²) in [5.74, 6) is 3.56. The summed E-state index contributed by atoms with van der Waals surface area (Å²) in [6, 6.07) is 21.8. The maximum absolute atomic E-state index is 7.56. The average Bonchev–Trinajstić information content (AvgIpc) is 2.80. The van der Waals surface area contributed by atoms with Crippen molar-refractivity contribution in [3.63, 3.8) is 0 Å². The molecule has 2 rings (SSSR count). The number of benzene rings is 2. The molecule has 0 unspecified atom stereocenters. The van der Waals surface area contributed by atoms with E-state index in [2.05, 4.69) is 153 Å². The summed E-state index contributed by atoms with van der Waals surface area (Å²) < 4.78 is 14.4. The molecule has 0 spiro atoms. The van der Waals surface area contributed by atoms with E-state index >= 15 is 0 Å². The van der Waals surface area contributed by atoms with Gasteiger partial charge < -0.3 is 8.85 Å². The minimum Gasteiger partial charge on any atom is -0.410 e. The van der Waals surface area contributed by atoms with Crippen LogP contribution in [0.15, 0.2) is 73.3 Å². The smallest absolute Gasteiger partial charge is 0.261 e. The first-order valence-electron chi connectivity index (χ1n) is 14.0. The fourth-order valence-electron chi connectivity index (χ4n) is 4.55. The Morgan fingerprint density at radius 3 is 1.61 bits per heavy atom. The molecule has 2 atom stereocenters. The predicted molar refractivity (Wildman–Crippen MR) is 175 cm³/mol. The molecule has 0 radical (unpaired) electrons. The zero-order valence-electron chi connectivity index (χ0n) is 25.9. The van der Waals surface area contributed by atoms with Crippen LogP contribution in [0.4, 0.5) is 0 Å². The fourth-order valence-corrected chi connectivity index (χ4v) is 11.2. The maximum atomic E-state index is 7.56. The minimum atomic E-state index is -2.72. The van der Waals surface area contributed by atoms with Crippen LogP contribution in [0.25, 0.3) is 0 Å². The summed E-state index contributed by atoms with van der Waals surface area (Å²) >= 11 is 0. The largest absolute Gasteiger partial charge is 0.410 e. The molecule has 0 saturated carbocycles. The normalized spacial score (nSPS) is 14.8. The third-order valence-electron chi connectivity index (χ3n) is 7.56. The van der Waals surface area contributed by atoms with Crippen LogP contribution in [0.3, 0.4) is 0 Å². The molecule has 38 heavy (non-hydrogen) atoms. The maximum Gasteiger partial charge on any atom is 0.261 e. The first kappa shape index (κ1) is 32.5. The standard InChI is InChI=1S/C33H52O2Si3/c1-13-28(34-37(11,12)32(2,3)4)27-29(21-20-26-36(8,9)10)35-38(33(5,6)7,30-22-16-14-17-23-30)31-24-18-15-19-25-31/h13-19,22-25,28-29H,1,21,27H2,2-12H3/t28-,29+/m0/s1. The number of hydrogen-bond donors (Lipinski definition) is 0. The summed E-state index contributed by atoms with van der Waals surface area (Å²) in [7, 11) is -6.21. The molecule has 0 bridgehead atoms. The van der Waals surface area contributed by atoms with E-state index < -0.39 is 24.7 Å². The van der Waals surface area contributed by atoms with Crippen molar-refractivity contribution >= 4 is 35.1 Å². The van der Waals surface area contributed by atoms with Gasteiger partial charge in [-0.3, -0.25) is 0 Å². The van der Waals surface area contributed by atoms with Crippen LogP contribution >= 0.6 is 0 Å². The van der Waals surface area contributed by atoms with Crippen LogP contribution in [0.1, 0.15) is 54.4 Å². The Morgan fingerprint density at radius 1 is 0.763 bits per heavy atom. The van der Waals surface area contributed by atoms with Gasteiger partial charge >= 0.3 is 0 Å². The molecule has 0 fully saturated rings. The van der Waals surface area contributed by atoms with Gasteiger partial charge in [-0.1, -0.05) is 128 Å². The van der Waals surface area contributed by atoms with Crippen molar-refractivity contribution in [1.29, 1.82) is 0 Å². The van der Waals surface area contributed by atoms with Crippen LogP contribution in [-0.4, -0.2) is 36.9 Å². The van der Waals surface area contributed by atoms with Crippen LogP contribution < -0.4 is 10.4 Å². The lowest BCUT2D eigenvalue weighted by molar-refractivity contribution is 0.121. The van der Waals surface area contributed by atoms with E-state index in [-0.39, 0.29) is 22.3 Å². The van der Waals surface area contributed by atoms with Crippen molar-refractivity contribution in [1.82, 2.24) is 0 Å². The third-order valence-corrected chi connectivity index (χ3v) is 18.1. The van der Waals surface area contributed by atoms with Gasteiger partial charge in [0.05, 0.1) is 12.2 Å². The van der Waals surface area contributed by atoms with Crippen molar-refractivity contribution < 1.29 is 8.85 Å². The summed E-state index contributed by atoms with van der Waals surface area (Å²) in [5, 5.41) is 2.62. The Labute approximate surface area is 237 Å². The van der Waals surface area contributed by atoms with Gasteiger partial charge in [-0.05, 0) is 33.5 Å². The third kappa shape index (κ3) is 8.40. The summed E-state index contributed by atoms with van der Waals surface area (Å²) in [6.45, 7) is 29.6. The van der Waals surface area contributed by atoms with Crippen LogP contribution in [0.5, 0.6) is 0 Å². The Balaban J connectivity index is 2.64. The van der Waals surface area contributed by atoms with Crippen molar-refractivity contribution in [2.75, 3.05) is 0 Å². The molecule has 0 N–H and O–H groups in total. The summed E-state index contributed by atoms with van der Waals surface area (Å²) in [5.41, 5.74) is 3.59. The van der Waals surface area contributed by atoms with E-state index in [1.54, 1.807) is 0 Å². The fraction of sp³-hybridized carbons (Fsp3) is 0.515. The van der Waals surface area contributed by atoms with E-state index in [4.69, 9.17) is 8.85 Å². The molecule has 0 saturated heterocycles. The summed E-state index contributed by atoms with van der Waals surface area (Å²) in [4.78, 5) is 0. The zero-order chi connectivity index (χ0) is 28.8. The van der Waals surface area contributed by atoms with Crippen LogP contribution in [0, 0.1) is 11.5 Å². The Morgan fingerprint density at radius 2 is 1.24 bits per heavy atom. The topological polar surface area (TPSA) is 18.5 Å². The van der Waals surface area contributed by atoms with Crippen LogP contribution in [-0.2, 0) is 8.85 Å². The Hall–Kier alpha value is -1.69. The molecule has 5 heteroatoms. The molecule has 0 aliphatic heterocycles. The molecule has 0 aromatic heterocycles. The van der Waals surface area contributed by atoms with Gasteiger partial charge in [0.2, 0.25) is 0 Å². The predicted octanol–water partition coefficient (Wildman–Crippen LogP) is 8.17. The highest BCUT2D eigenvalue weighted by atomic mass is 28.4. The van der Waals surface area contributed by atoms with E-state index in [9.17, 15) is 0 Å². The highest BCUT2D eigenvalue weighted by Crippen LogP contribution is 2.40. The van der Waals surface area contributed by atoms with E-state index in [0.717, 1.165) is 6.42 Å². The average molecular weight is 565 g/mol. The van der Waals surface area contributed by atoms with Gasteiger partial charge in [0.25, 0.3) is 8.32 Å². The van der Waals surface area contributed by atoms with Gasteiger partial charge in [-0.15, -0.1) is 18.0 Å². The molecule has 0 aliphatic rings. The second-order valence-corrected chi connectivity index (χ2v) is 27.8. The van der Waals surface area contributed by atoms with E-state index in [1.165, 1.54) is 10.4 Å². The lowest BCUT2D eigenvalue weighted by Gasteiger charge is -2.46. The first-order valence-corrected chi connectivity index (χ1v) is 22.3. The van der Waals surface area contributed by atoms with Gasteiger partial charge in [0.15, 0.2) is 8.32 Å². The Kier molecular flexibility index (Phi) is 10.8. The highest BCUT2D eigenvalue weighted by Gasteiger charge is 2.51. The van der Waals surface area contributed by atoms with Gasteiger partial charge in [-0.25, -0.2) is 0 Å². The number of rotatable bonds is 10. The monoisotopic (exact) mass is 564 g/mol. The molecule has 2 aromatic carbocycles.